The molecule has 0 spiro atoms. The molecule has 0 atom stereocenters. The van der Waals surface area contributed by atoms with Gasteiger partial charge >= 0.3 is 0 Å². The number of benzene rings is 2. The molecule has 3 rings (SSSR count). The largest absolute Gasteiger partial charge is 0.292 e. The summed E-state index contributed by atoms with van der Waals surface area (Å²) in [5, 5.41) is 1.96. The van der Waals surface area contributed by atoms with Gasteiger partial charge in [0.25, 0.3) is 11.8 Å². The molecule has 96 valence electrons. The van der Waals surface area contributed by atoms with Crippen molar-refractivity contribution in [2.45, 2.75) is 0 Å². The fraction of sp³-hybridized carbons (Fsp3) is 0.200. The van der Waals surface area contributed by atoms with Crippen molar-refractivity contribution in [2.75, 3.05) is 20.8 Å². The van der Waals surface area contributed by atoms with Crippen LogP contribution < -0.4 is 0 Å². The van der Waals surface area contributed by atoms with Crippen LogP contribution in [0.25, 0.3) is 10.8 Å². The summed E-state index contributed by atoms with van der Waals surface area (Å²) in [6, 6.07) is 11.4. The molecule has 1 aliphatic heterocycles. The minimum absolute atomic E-state index is 0.209. The van der Waals surface area contributed by atoms with Crippen molar-refractivity contribution >= 4 is 22.6 Å². The van der Waals surface area contributed by atoms with E-state index < -0.39 is 0 Å². The number of nitrogens with zero attached hydrogens (tertiary/aromatic N) is 2. The maximum absolute atomic E-state index is 12.3. The number of amides is 2. The Bertz CT molecular complexity index is 637. The minimum atomic E-state index is -0.209. The van der Waals surface area contributed by atoms with Gasteiger partial charge < -0.3 is 0 Å². The fourth-order valence-electron chi connectivity index (χ4n) is 2.39. The first kappa shape index (κ1) is 11.9. The van der Waals surface area contributed by atoms with Crippen molar-refractivity contribution in [3.63, 3.8) is 0 Å². The molecule has 2 amide bonds. The molecule has 1 aliphatic rings. The number of carbonyl (C=O) groups is 2. The normalized spacial score (nSPS) is 14.6. The van der Waals surface area contributed by atoms with E-state index in [-0.39, 0.29) is 11.8 Å². The molecule has 0 bridgehead atoms. The van der Waals surface area contributed by atoms with E-state index in [1.165, 1.54) is 4.90 Å². The smallest absolute Gasteiger partial charge is 0.262 e. The first-order valence-electron chi connectivity index (χ1n) is 6.11. The molecule has 1 heterocycles. The van der Waals surface area contributed by atoms with Gasteiger partial charge in [-0.2, -0.15) is 0 Å². The van der Waals surface area contributed by atoms with Gasteiger partial charge in [-0.1, -0.05) is 24.3 Å². The number of imide groups is 1. The molecule has 4 nitrogen and oxygen atoms in total. The third kappa shape index (κ3) is 1.81. The summed E-state index contributed by atoms with van der Waals surface area (Å²) in [7, 11) is 3.67. The Morgan fingerprint density at radius 2 is 1.42 bits per heavy atom. The molecule has 0 N–H and O–H groups in total. The van der Waals surface area contributed by atoms with Gasteiger partial charge in [-0.15, -0.1) is 0 Å². The lowest BCUT2D eigenvalue weighted by Gasteiger charge is -2.18. The summed E-state index contributed by atoms with van der Waals surface area (Å²) >= 11 is 0. The van der Waals surface area contributed by atoms with E-state index in [4.69, 9.17) is 0 Å². The Balaban J connectivity index is 2.14. The van der Waals surface area contributed by atoms with Gasteiger partial charge in [0.2, 0.25) is 0 Å². The minimum Gasteiger partial charge on any atom is -0.292 e. The van der Waals surface area contributed by atoms with Crippen LogP contribution in [-0.2, 0) is 0 Å². The van der Waals surface area contributed by atoms with Gasteiger partial charge in [0.05, 0.1) is 17.8 Å². The Labute approximate surface area is 111 Å². The predicted octanol–water partition coefficient (Wildman–Crippen LogP) is 1.95. The van der Waals surface area contributed by atoms with Crippen LogP contribution in [0.5, 0.6) is 0 Å². The summed E-state index contributed by atoms with van der Waals surface area (Å²) in [5.41, 5.74) is 1.01. The van der Waals surface area contributed by atoms with Crippen molar-refractivity contribution in [1.29, 1.82) is 0 Å². The second-order valence-corrected chi connectivity index (χ2v) is 5.00. The topological polar surface area (TPSA) is 40.6 Å². The van der Waals surface area contributed by atoms with Gasteiger partial charge in [-0.3, -0.25) is 19.4 Å². The van der Waals surface area contributed by atoms with Crippen LogP contribution in [0, 0.1) is 0 Å². The van der Waals surface area contributed by atoms with Gasteiger partial charge in [0, 0.05) is 0 Å². The highest BCUT2D eigenvalue weighted by Crippen LogP contribution is 2.27. The summed E-state index contributed by atoms with van der Waals surface area (Å²) in [6.45, 7) is 0.308. The first-order valence-corrected chi connectivity index (χ1v) is 6.11. The molecule has 2 aromatic carbocycles. The Kier molecular flexibility index (Phi) is 2.61. The van der Waals surface area contributed by atoms with Crippen molar-refractivity contribution in [1.82, 2.24) is 9.80 Å². The van der Waals surface area contributed by atoms with Crippen LogP contribution in [0.2, 0.25) is 0 Å². The molecule has 0 fully saturated rings. The van der Waals surface area contributed by atoms with Crippen LogP contribution in [0.4, 0.5) is 0 Å². The van der Waals surface area contributed by atoms with E-state index in [0.29, 0.717) is 17.8 Å². The van der Waals surface area contributed by atoms with Crippen LogP contribution >= 0.6 is 0 Å². The van der Waals surface area contributed by atoms with Gasteiger partial charge in [-0.25, -0.2) is 0 Å². The van der Waals surface area contributed by atoms with E-state index in [0.717, 1.165) is 10.8 Å². The number of rotatable bonds is 2. The molecule has 0 saturated heterocycles. The zero-order valence-electron chi connectivity index (χ0n) is 10.9. The quantitative estimate of drug-likeness (QED) is 0.769. The lowest BCUT2D eigenvalue weighted by molar-refractivity contribution is 0.0584. The van der Waals surface area contributed by atoms with Gasteiger partial charge in [0.15, 0.2) is 0 Å². The van der Waals surface area contributed by atoms with Crippen LogP contribution in [0.1, 0.15) is 20.7 Å². The lowest BCUT2D eigenvalue weighted by Crippen LogP contribution is -2.37. The van der Waals surface area contributed by atoms with E-state index in [9.17, 15) is 9.59 Å². The number of hydrogen-bond donors (Lipinski definition) is 0. The van der Waals surface area contributed by atoms with Crippen molar-refractivity contribution < 1.29 is 9.59 Å². The molecule has 0 aliphatic carbocycles. The zero-order valence-corrected chi connectivity index (χ0v) is 10.9. The number of hydrogen-bond acceptors (Lipinski definition) is 3. The van der Waals surface area contributed by atoms with Crippen LogP contribution in [-0.4, -0.2) is 42.4 Å². The summed E-state index contributed by atoms with van der Waals surface area (Å²) in [6.07, 6.45) is 0. The predicted molar refractivity (Wildman–Crippen MR) is 73.0 cm³/mol. The molecule has 0 aromatic heterocycles. The summed E-state index contributed by atoms with van der Waals surface area (Å²) in [5.74, 6) is -0.418. The Hall–Kier alpha value is -2.20. The van der Waals surface area contributed by atoms with Crippen molar-refractivity contribution in [3.8, 4) is 0 Å². The molecule has 0 saturated carbocycles. The second kappa shape index (κ2) is 4.17. The first-order chi connectivity index (χ1) is 9.08. The van der Waals surface area contributed by atoms with E-state index in [1.54, 1.807) is 17.0 Å². The van der Waals surface area contributed by atoms with Crippen molar-refractivity contribution in [3.05, 3.63) is 47.5 Å². The van der Waals surface area contributed by atoms with Gasteiger partial charge in [0.1, 0.15) is 0 Å². The Morgan fingerprint density at radius 1 is 0.947 bits per heavy atom. The monoisotopic (exact) mass is 254 g/mol. The molecule has 0 unspecified atom stereocenters. The van der Waals surface area contributed by atoms with E-state index in [1.807, 2.05) is 38.4 Å². The lowest BCUT2D eigenvalue weighted by atomic mass is 10.0. The number of carbonyl (C=O) groups excluding carboxylic acids is 2. The third-order valence-corrected chi connectivity index (χ3v) is 3.26. The number of fused-ring (bicyclic) bond motifs is 2. The molecule has 2 aromatic rings. The zero-order chi connectivity index (χ0) is 13.6. The van der Waals surface area contributed by atoms with Crippen molar-refractivity contribution in [2.24, 2.45) is 0 Å². The van der Waals surface area contributed by atoms with Crippen LogP contribution in [0.3, 0.4) is 0 Å². The molecule has 4 heteroatoms. The second-order valence-electron chi connectivity index (χ2n) is 5.00. The molecule has 0 radical (unpaired) electrons. The third-order valence-electron chi connectivity index (χ3n) is 3.26. The summed E-state index contributed by atoms with van der Waals surface area (Å²) in [4.78, 5) is 27.6. The summed E-state index contributed by atoms with van der Waals surface area (Å²) < 4.78 is 0. The highest BCUT2D eigenvalue weighted by atomic mass is 16.2. The molecule has 19 heavy (non-hydrogen) atoms. The highest BCUT2D eigenvalue weighted by Gasteiger charge is 2.35. The average molecular weight is 254 g/mol. The molecular formula is C15H14N2O2. The van der Waals surface area contributed by atoms with Gasteiger partial charge in [-0.05, 0) is 37.0 Å². The average Bonchev–Trinajstić information content (AvgIpc) is 2.61. The maximum atomic E-state index is 12.3. The standard InChI is InChI=1S/C15H14N2O2/c1-16(2)9-17-14(18)12-7-10-5-3-4-6-11(10)8-13(12)15(17)19/h3-8H,9H2,1-2H3. The molecular weight excluding hydrogens is 240 g/mol. The van der Waals surface area contributed by atoms with E-state index >= 15 is 0 Å². The highest BCUT2D eigenvalue weighted by molar-refractivity contribution is 6.23. The van der Waals surface area contributed by atoms with Crippen LogP contribution in [0.15, 0.2) is 36.4 Å². The SMILES string of the molecule is CN(C)CN1C(=O)c2cc3ccccc3cc2C1=O. The fourth-order valence-corrected chi connectivity index (χ4v) is 2.39. The maximum Gasteiger partial charge on any atom is 0.262 e. The van der Waals surface area contributed by atoms with E-state index in [2.05, 4.69) is 0 Å². The Morgan fingerprint density at radius 3 is 1.84 bits per heavy atom.